The van der Waals surface area contributed by atoms with Crippen LogP contribution in [0.4, 0.5) is 5.69 Å². The summed E-state index contributed by atoms with van der Waals surface area (Å²) in [5, 5.41) is 0. The highest BCUT2D eigenvalue weighted by Crippen LogP contribution is 2.55. The number of anilines is 1. The van der Waals surface area contributed by atoms with Crippen LogP contribution in [-0.4, -0.2) is 36.1 Å². The van der Waals surface area contributed by atoms with Gasteiger partial charge in [0.15, 0.2) is 4.87 Å². The van der Waals surface area contributed by atoms with Crippen molar-refractivity contribution in [3.05, 3.63) is 59.2 Å². The highest BCUT2D eigenvalue weighted by molar-refractivity contribution is 8.01. The molecule has 0 N–H and O–H groups in total. The number of methoxy groups -OCH3 is 1. The van der Waals surface area contributed by atoms with E-state index in [4.69, 9.17) is 4.74 Å². The van der Waals surface area contributed by atoms with Crippen LogP contribution in [0.1, 0.15) is 42.4 Å². The molecule has 2 fully saturated rings. The van der Waals surface area contributed by atoms with Crippen LogP contribution in [0.25, 0.3) is 0 Å². The molecule has 2 aliphatic heterocycles. The number of carbonyl (C=O) groups excluding carboxylic acids is 2. The number of thioether (sulfide) groups is 1. The predicted molar refractivity (Wildman–Crippen MR) is 123 cm³/mol. The fourth-order valence-electron chi connectivity index (χ4n) is 5.25. The molecule has 0 radical (unpaired) electrons. The van der Waals surface area contributed by atoms with E-state index in [2.05, 4.69) is 6.07 Å². The summed E-state index contributed by atoms with van der Waals surface area (Å²) in [4.78, 5) is 30.4. The quantitative estimate of drug-likeness (QED) is 0.710. The summed E-state index contributed by atoms with van der Waals surface area (Å²) < 4.78 is 5.37. The van der Waals surface area contributed by atoms with Crippen LogP contribution in [0.5, 0.6) is 5.75 Å². The maximum Gasteiger partial charge on any atom is 0.268 e. The molecule has 1 atom stereocenters. The zero-order chi connectivity index (χ0) is 21.6. The molecular weight excluding hydrogens is 408 g/mol. The van der Waals surface area contributed by atoms with Crippen molar-refractivity contribution in [3.63, 3.8) is 0 Å². The average Bonchev–Trinajstić information content (AvgIpc) is 3.51. The van der Waals surface area contributed by atoms with Crippen LogP contribution >= 0.6 is 11.8 Å². The van der Waals surface area contributed by atoms with E-state index in [9.17, 15) is 9.59 Å². The van der Waals surface area contributed by atoms with Crippen LogP contribution in [-0.2, 0) is 21.0 Å². The molecule has 5 rings (SSSR count). The largest absolute Gasteiger partial charge is 0.497 e. The average molecular weight is 437 g/mol. The standard InChI is InChI=1S/C25H28N2O3S/c1-17-10-11-22-21(14-17)25(27(12-13-31-25)23(28)19-7-3-4-8-19)24(29)26(22)16-18-6-5-9-20(15-18)30-2/h5-6,9-11,14-15,19H,3-4,7-8,12-13,16H2,1-2H3. The third-order valence-corrected chi connectivity index (χ3v) is 8.21. The molecule has 2 aromatic carbocycles. The lowest BCUT2D eigenvalue weighted by Gasteiger charge is -2.35. The number of hydrogen-bond acceptors (Lipinski definition) is 4. The van der Waals surface area contributed by atoms with Crippen LogP contribution < -0.4 is 9.64 Å². The van der Waals surface area contributed by atoms with Crippen LogP contribution in [0.3, 0.4) is 0 Å². The van der Waals surface area contributed by atoms with Crippen molar-refractivity contribution in [1.82, 2.24) is 4.90 Å². The monoisotopic (exact) mass is 436 g/mol. The summed E-state index contributed by atoms with van der Waals surface area (Å²) in [5.74, 6) is 1.78. The van der Waals surface area contributed by atoms with E-state index in [1.165, 1.54) is 0 Å². The minimum Gasteiger partial charge on any atom is -0.497 e. The van der Waals surface area contributed by atoms with Gasteiger partial charge in [-0.2, -0.15) is 0 Å². The first-order chi connectivity index (χ1) is 15.0. The van der Waals surface area contributed by atoms with Gasteiger partial charge in [0.1, 0.15) is 5.75 Å². The molecule has 1 saturated carbocycles. The van der Waals surface area contributed by atoms with Gasteiger partial charge in [-0.15, -0.1) is 11.8 Å². The third-order valence-electron chi connectivity index (χ3n) is 6.79. The SMILES string of the molecule is COc1cccc(CN2C(=O)C3(SCCN3C(=O)C3CCCC3)c3cc(C)ccc32)c1. The van der Waals surface area contributed by atoms with E-state index in [0.717, 1.165) is 59.6 Å². The van der Waals surface area contributed by atoms with Gasteiger partial charge in [0, 0.05) is 23.8 Å². The van der Waals surface area contributed by atoms with Crippen LogP contribution in [0.15, 0.2) is 42.5 Å². The molecule has 2 heterocycles. The Bertz CT molecular complexity index is 1030. The molecule has 31 heavy (non-hydrogen) atoms. The number of amides is 2. The molecule has 1 aliphatic carbocycles. The van der Waals surface area contributed by atoms with E-state index in [-0.39, 0.29) is 17.7 Å². The smallest absolute Gasteiger partial charge is 0.268 e. The Morgan fingerprint density at radius 2 is 2.00 bits per heavy atom. The number of hydrogen-bond donors (Lipinski definition) is 0. The Balaban J connectivity index is 1.56. The maximum atomic E-state index is 14.1. The number of benzene rings is 2. The lowest BCUT2D eigenvalue weighted by atomic mass is 10.00. The van der Waals surface area contributed by atoms with Crippen molar-refractivity contribution in [2.45, 2.75) is 44.0 Å². The van der Waals surface area contributed by atoms with Crippen molar-refractivity contribution in [2.24, 2.45) is 5.92 Å². The second kappa shape index (κ2) is 7.90. The van der Waals surface area contributed by atoms with Crippen molar-refractivity contribution in [1.29, 1.82) is 0 Å². The lowest BCUT2D eigenvalue weighted by Crippen LogP contribution is -2.51. The van der Waals surface area contributed by atoms with Crippen LogP contribution in [0.2, 0.25) is 0 Å². The van der Waals surface area contributed by atoms with Gasteiger partial charge in [0.05, 0.1) is 19.3 Å². The summed E-state index contributed by atoms with van der Waals surface area (Å²) in [6.45, 7) is 3.14. The van der Waals surface area contributed by atoms with E-state index >= 15 is 0 Å². The van der Waals surface area contributed by atoms with Gasteiger partial charge >= 0.3 is 0 Å². The fraction of sp³-hybridized carbons (Fsp3) is 0.440. The van der Waals surface area contributed by atoms with Gasteiger partial charge < -0.3 is 14.5 Å². The summed E-state index contributed by atoms with van der Waals surface area (Å²) in [6, 6.07) is 14.0. The van der Waals surface area contributed by atoms with Gasteiger partial charge in [0.2, 0.25) is 5.91 Å². The highest BCUT2D eigenvalue weighted by Gasteiger charge is 2.59. The second-order valence-electron chi connectivity index (χ2n) is 8.73. The fourth-order valence-corrected chi connectivity index (χ4v) is 6.71. The summed E-state index contributed by atoms with van der Waals surface area (Å²) in [6.07, 6.45) is 4.10. The first kappa shape index (κ1) is 20.4. The number of ether oxygens (including phenoxy) is 1. The number of rotatable bonds is 4. The Morgan fingerprint density at radius 3 is 2.77 bits per heavy atom. The van der Waals surface area contributed by atoms with E-state index in [0.29, 0.717) is 13.1 Å². The Labute approximate surface area is 187 Å². The third kappa shape index (κ3) is 3.23. The Hall–Kier alpha value is -2.47. The van der Waals surface area contributed by atoms with Gasteiger partial charge in [0.25, 0.3) is 5.91 Å². The molecular formula is C25H28N2O3S. The molecule has 1 saturated heterocycles. The first-order valence-corrected chi connectivity index (χ1v) is 12.0. The molecule has 1 unspecified atom stereocenters. The minimum atomic E-state index is -0.931. The maximum absolute atomic E-state index is 14.1. The second-order valence-corrected chi connectivity index (χ2v) is 10.0. The predicted octanol–water partition coefficient (Wildman–Crippen LogP) is 4.47. The lowest BCUT2D eigenvalue weighted by molar-refractivity contribution is -0.143. The van der Waals surface area contributed by atoms with Crippen molar-refractivity contribution in [2.75, 3.05) is 24.3 Å². The number of aryl methyl sites for hydroxylation is 1. The Kier molecular flexibility index (Phi) is 5.21. The van der Waals surface area contributed by atoms with Gasteiger partial charge in [-0.1, -0.05) is 42.7 Å². The molecule has 6 heteroatoms. The molecule has 1 spiro atoms. The zero-order valence-corrected chi connectivity index (χ0v) is 18.9. The molecule has 3 aliphatic rings. The molecule has 2 amide bonds. The number of nitrogens with zero attached hydrogens (tertiary/aromatic N) is 2. The molecule has 0 aromatic heterocycles. The van der Waals surface area contributed by atoms with E-state index in [1.54, 1.807) is 18.9 Å². The van der Waals surface area contributed by atoms with Crippen LogP contribution in [0, 0.1) is 12.8 Å². The molecule has 162 valence electrons. The topological polar surface area (TPSA) is 49.9 Å². The molecule has 2 aromatic rings. The normalized spacial score (nSPS) is 23.1. The molecule has 5 nitrogen and oxygen atoms in total. The number of carbonyl (C=O) groups is 2. The van der Waals surface area contributed by atoms with E-state index < -0.39 is 4.87 Å². The summed E-state index contributed by atoms with van der Waals surface area (Å²) in [7, 11) is 1.65. The molecule has 0 bridgehead atoms. The Morgan fingerprint density at radius 1 is 1.19 bits per heavy atom. The summed E-state index contributed by atoms with van der Waals surface area (Å²) in [5.41, 5.74) is 3.99. The van der Waals surface area contributed by atoms with Crippen molar-refractivity contribution < 1.29 is 14.3 Å². The first-order valence-electron chi connectivity index (χ1n) is 11.1. The van der Waals surface area contributed by atoms with Crippen molar-refractivity contribution >= 4 is 29.3 Å². The van der Waals surface area contributed by atoms with Crippen molar-refractivity contribution in [3.8, 4) is 5.75 Å². The summed E-state index contributed by atoms with van der Waals surface area (Å²) >= 11 is 1.62. The highest BCUT2D eigenvalue weighted by atomic mass is 32.2. The minimum absolute atomic E-state index is 0.00441. The van der Waals surface area contributed by atoms with Gasteiger partial charge in [-0.25, -0.2) is 0 Å². The zero-order valence-electron chi connectivity index (χ0n) is 18.1. The van der Waals surface area contributed by atoms with E-state index in [1.807, 2.05) is 53.1 Å². The van der Waals surface area contributed by atoms with Gasteiger partial charge in [-0.3, -0.25) is 9.59 Å². The number of fused-ring (bicyclic) bond motifs is 2. The van der Waals surface area contributed by atoms with Gasteiger partial charge in [-0.05, 0) is 43.5 Å².